The van der Waals surface area contributed by atoms with Crippen LogP contribution in [0.15, 0.2) is 0 Å². The van der Waals surface area contributed by atoms with Crippen molar-refractivity contribution in [3.05, 3.63) is 0 Å². The minimum absolute atomic E-state index is 0.264. The maximum Gasteiger partial charge on any atom is 0.00456 e. The fourth-order valence-corrected chi connectivity index (χ4v) is 8.49. The average Bonchev–Trinajstić information content (AvgIpc) is 2.90. The summed E-state index contributed by atoms with van der Waals surface area (Å²) in [6, 6.07) is 0. The predicted molar refractivity (Wildman–Crippen MR) is 101 cm³/mol. The third-order valence-corrected chi connectivity index (χ3v) is 11.0. The molecule has 0 radical (unpaired) electrons. The molecule has 0 heterocycles. The highest BCUT2D eigenvalue weighted by molar-refractivity contribution is 7.81. The van der Waals surface area contributed by atoms with Crippen molar-refractivity contribution in [2.24, 2.45) is 45.3 Å². The summed E-state index contributed by atoms with van der Waals surface area (Å²) >= 11 is 12.2. The van der Waals surface area contributed by atoms with Gasteiger partial charge in [0, 0.05) is 32.4 Å². The second-order valence-corrected chi connectivity index (χ2v) is 11.1. The fourth-order valence-electron chi connectivity index (χ4n) is 7.14. The van der Waals surface area contributed by atoms with Crippen LogP contribution in [0.3, 0.4) is 0 Å². The Morgan fingerprint density at radius 1 is 0.682 bits per heavy atom. The number of hydrogen-bond donors (Lipinski definition) is 0. The van der Waals surface area contributed by atoms with Gasteiger partial charge in [0.1, 0.15) is 0 Å². The van der Waals surface area contributed by atoms with Gasteiger partial charge in [0.05, 0.1) is 0 Å². The standard InChI is InChI=1S/C20H30S2/c1-17(2)11-7-9-19(17,5)15(21)13(11)14-12-8-10-20(6,16(14)22)18(12,3)4/h11-14H,7-10H2,1-6H3/t11-,12-,13-,14+,19+,20+/m1/s1. The van der Waals surface area contributed by atoms with E-state index in [4.69, 9.17) is 24.4 Å². The second kappa shape index (κ2) is 4.04. The van der Waals surface area contributed by atoms with Crippen LogP contribution in [0.5, 0.6) is 0 Å². The first-order valence-corrected chi connectivity index (χ1v) is 9.90. The van der Waals surface area contributed by atoms with E-state index in [9.17, 15) is 0 Å². The zero-order valence-electron chi connectivity index (χ0n) is 15.0. The molecule has 0 unspecified atom stereocenters. The highest BCUT2D eigenvalue weighted by Crippen LogP contribution is 2.74. The van der Waals surface area contributed by atoms with E-state index in [2.05, 4.69) is 41.5 Å². The molecule has 4 rings (SSSR count). The quantitative estimate of drug-likeness (QED) is 0.550. The highest BCUT2D eigenvalue weighted by Gasteiger charge is 2.71. The number of hydrogen-bond acceptors (Lipinski definition) is 2. The zero-order valence-corrected chi connectivity index (χ0v) is 16.6. The van der Waals surface area contributed by atoms with E-state index in [1.807, 2.05) is 0 Å². The predicted octanol–water partition coefficient (Wildman–Crippen LogP) is 5.87. The van der Waals surface area contributed by atoms with Gasteiger partial charge in [0.25, 0.3) is 0 Å². The Morgan fingerprint density at radius 2 is 1.00 bits per heavy atom. The first-order valence-electron chi connectivity index (χ1n) is 9.09. The molecule has 0 amide bonds. The number of thiocarbonyl (C=S) groups is 2. The van der Waals surface area contributed by atoms with Gasteiger partial charge in [-0.2, -0.15) is 0 Å². The third-order valence-electron chi connectivity index (χ3n) is 9.56. The van der Waals surface area contributed by atoms with Gasteiger partial charge in [-0.3, -0.25) is 0 Å². The van der Waals surface area contributed by atoms with E-state index in [1.165, 1.54) is 35.4 Å². The van der Waals surface area contributed by atoms with Gasteiger partial charge >= 0.3 is 0 Å². The molecule has 0 aromatic rings. The molecule has 0 aromatic carbocycles. The van der Waals surface area contributed by atoms with Crippen LogP contribution in [0.4, 0.5) is 0 Å². The molecule has 0 saturated heterocycles. The van der Waals surface area contributed by atoms with E-state index in [0.29, 0.717) is 22.7 Å². The highest BCUT2D eigenvalue weighted by atomic mass is 32.1. The fraction of sp³-hybridized carbons (Fsp3) is 0.900. The van der Waals surface area contributed by atoms with Crippen LogP contribution in [0.2, 0.25) is 0 Å². The molecule has 0 aromatic heterocycles. The number of rotatable bonds is 1. The molecule has 122 valence electrons. The normalized spacial score (nSPS) is 54.5. The molecule has 4 bridgehead atoms. The molecular formula is C20H30S2. The molecule has 4 aliphatic carbocycles. The zero-order chi connectivity index (χ0) is 16.3. The van der Waals surface area contributed by atoms with Crippen LogP contribution in [0.1, 0.15) is 67.2 Å². The first kappa shape index (κ1) is 15.7. The lowest BCUT2D eigenvalue weighted by Gasteiger charge is -2.38. The minimum atomic E-state index is 0.264. The number of fused-ring (bicyclic) bond motifs is 4. The van der Waals surface area contributed by atoms with Crippen molar-refractivity contribution in [1.29, 1.82) is 0 Å². The van der Waals surface area contributed by atoms with Crippen molar-refractivity contribution in [2.45, 2.75) is 67.2 Å². The van der Waals surface area contributed by atoms with E-state index >= 15 is 0 Å². The van der Waals surface area contributed by atoms with E-state index in [1.54, 1.807) is 0 Å². The maximum atomic E-state index is 6.11. The van der Waals surface area contributed by atoms with Gasteiger partial charge in [-0.1, -0.05) is 66.0 Å². The lowest BCUT2D eigenvalue weighted by Crippen LogP contribution is -2.40. The average molecular weight is 335 g/mol. The van der Waals surface area contributed by atoms with Crippen molar-refractivity contribution in [3.8, 4) is 0 Å². The van der Waals surface area contributed by atoms with Gasteiger partial charge in [-0.05, 0) is 48.3 Å². The summed E-state index contributed by atoms with van der Waals surface area (Å²) in [5, 5.41) is 0. The van der Waals surface area contributed by atoms with Crippen LogP contribution in [0.25, 0.3) is 0 Å². The summed E-state index contributed by atoms with van der Waals surface area (Å²) in [6.07, 6.45) is 5.31. The molecule has 22 heavy (non-hydrogen) atoms. The molecule has 6 atom stereocenters. The van der Waals surface area contributed by atoms with E-state index in [-0.39, 0.29) is 10.8 Å². The Balaban J connectivity index is 1.80. The van der Waals surface area contributed by atoms with Crippen LogP contribution in [0, 0.1) is 45.3 Å². The Kier molecular flexibility index (Phi) is 2.88. The minimum Gasteiger partial charge on any atom is -0.0887 e. The largest absolute Gasteiger partial charge is 0.0887 e. The van der Waals surface area contributed by atoms with Gasteiger partial charge in [0.2, 0.25) is 0 Å². The van der Waals surface area contributed by atoms with Gasteiger partial charge in [-0.25, -0.2) is 0 Å². The Hall–Kier alpha value is 0.180. The summed E-state index contributed by atoms with van der Waals surface area (Å²) in [4.78, 5) is 2.76. The van der Waals surface area contributed by atoms with Crippen LogP contribution in [-0.4, -0.2) is 9.73 Å². The van der Waals surface area contributed by atoms with Crippen molar-refractivity contribution in [1.82, 2.24) is 0 Å². The van der Waals surface area contributed by atoms with Crippen molar-refractivity contribution in [2.75, 3.05) is 0 Å². The lowest BCUT2D eigenvalue weighted by atomic mass is 9.68. The van der Waals surface area contributed by atoms with Crippen LogP contribution in [-0.2, 0) is 0 Å². The van der Waals surface area contributed by atoms with Crippen LogP contribution >= 0.6 is 24.4 Å². The summed E-state index contributed by atoms with van der Waals surface area (Å²) in [6.45, 7) is 14.8. The molecule has 0 spiro atoms. The summed E-state index contributed by atoms with van der Waals surface area (Å²) < 4.78 is 0. The lowest BCUT2D eigenvalue weighted by molar-refractivity contribution is 0.135. The molecule has 4 aliphatic rings. The topological polar surface area (TPSA) is 0 Å². The molecule has 4 fully saturated rings. The van der Waals surface area contributed by atoms with Crippen molar-refractivity contribution < 1.29 is 0 Å². The second-order valence-electron chi connectivity index (χ2n) is 10.2. The molecule has 0 aliphatic heterocycles. The molecule has 0 N–H and O–H groups in total. The Morgan fingerprint density at radius 3 is 1.23 bits per heavy atom. The van der Waals surface area contributed by atoms with E-state index in [0.717, 1.165) is 11.8 Å². The SMILES string of the molecule is CC1(C)[C@@H]2CC[C@@]1(C)C(=S)[C@@H]2[C@@H]1C(=S)[C@]2(C)CC[C@H]1C2(C)C. The van der Waals surface area contributed by atoms with E-state index < -0.39 is 0 Å². The first-order chi connectivity index (χ1) is 10.00. The van der Waals surface area contributed by atoms with Crippen LogP contribution < -0.4 is 0 Å². The maximum absolute atomic E-state index is 6.11. The Bertz CT molecular complexity index is 535. The van der Waals surface area contributed by atoms with Crippen molar-refractivity contribution in [3.63, 3.8) is 0 Å². The van der Waals surface area contributed by atoms with Gasteiger partial charge in [-0.15, -0.1) is 0 Å². The molecule has 2 heteroatoms. The molecule has 0 nitrogen and oxygen atoms in total. The monoisotopic (exact) mass is 334 g/mol. The van der Waals surface area contributed by atoms with Gasteiger partial charge in [0.15, 0.2) is 0 Å². The summed E-state index contributed by atoms with van der Waals surface area (Å²) in [7, 11) is 0. The molecular weight excluding hydrogens is 304 g/mol. The molecule has 4 saturated carbocycles. The van der Waals surface area contributed by atoms with Crippen molar-refractivity contribution >= 4 is 34.2 Å². The van der Waals surface area contributed by atoms with Gasteiger partial charge < -0.3 is 0 Å². The summed E-state index contributed by atoms with van der Waals surface area (Å²) in [5.74, 6) is 2.68. The summed E-state index contributed by atoms with van der Waals surface area (Å²) in [5.41, 5.74) is 1.24. The Labute approximate surface area is 146 Å². The smallest absolute Gasteiger partial charge is 0.00456 e. The third kappa shape index (κ3) is 1.35.